The van der Waals surface area contributed by atoms with Crippen LogP contribution in [0.2, 0.25) is 0 Å². The molecule has 1 fully saturated rings. The molecule has 1 saturated carbocycles. The van der Waals surface area contributed by atoms with Crippen molar-refractivity contribution in [3.8, 4) is 0 Å². The molecule has 2 aromatic heterocycles. The van der Waals surface area contributed by atoms with Crippen LogP contribution >= 0.6 is 0 Å². The van der Waals surface area contributed by atoms with Gasteiger partial charge in [-0.2, -0.15) is 9.97 Å². The normalized spacial score (nSPS) is 20.2. The Bertz CT molecular complexity index is 1170. The van der Waals surface area contributed by atoms with Gasteiger partial charge in [0.05, 0.1) is 6.33 Å². The van der Waals surface area contributed by atoms with Gasteiger partial charge in [-0.25, -0.2) is 4.98 Å². The maximum atomic E-state index is 12.0. The Hall–Kier alpha value is -3.16. The van der Waals surface area contributed by atoms with Gasteiger partial charge in [0, 0.05) is 37.9 Å². The Morgan fingerprint density at radius 3 is 2.66 bits per heavy atom. The van der Waals surface area contributed by atoms with Gasteiger partial charge in [-0.15, -0.1) is 0 Å². The Labute approximate surface area is 208 Å². The SMILES string of the molecule is CCC(=O)N(C)c1ccc(Nc2nc(NC3CCCCC(C)(C)C(C)C3)c3ncn(C)c3n2)cc1. The lowest BCUT2D eigenvalue weighted by Gasteiger charge is -2.37. The van der Waals surface area contributed by atoms with Crippen molar-refractivity contribution in [3.05, 3.63) is 30.6 Å². The lowest BCUT2D eigenvalue weighted by Crippen LogP contribution is -2.32. The Kier molecular flexibility index (Phi) is 7.28. The van der Waals surface area contributed by atoms with Gasteiger partial charge in [0.1, 0.15) is 0 Å². The van der Waals surface area contributed by atoms with E-state index in [1.807, 2.05) is 42.8 Å². The van der Waals surface area contributed by atoms with Crippen molar-refractivity contribution >= 4 is 40.2 Å². The van der Waals surface area contributed by atoms with Crippen molar-refractivity contribution in [1.29, 1.82) is 0 Å². The molecule has 2 atom stereocenters. The van der Waals surface area contributed by atoms with E-state index in [4.69, 9.17) is 9.97 Å². The van der Waals surface area contributed by atoms with Gasteiger partial charge in [-0.1, -0.05) is 40.5 Å². The summed E-state index contributed by atoms with van der Waals surface area (Å²) in [5.41, 5.74) is 3.64. The number of amides is 1. The van der Waals surface area contributed by atoms with Crippen LogP contribution in [0.4, 0.5) is 23.1 Å². The quantitative estimate of drug-likeness (QED) is 0.460. The Morgan fingerprint density at radius 2 is 1.94 bits per heavy atom. The molecule has 3 aromatic rings. The third-order valence-corrected chi connectivity index (χ3v) is 7.68. The fourth-order valence-electron chi connectivity index (χ4n) is 4.85. The molecule has 188 valence electrons. The molecule has 8 nitrogen and oxygen atoms in total. The highest BCUT2D eigenvalue weighted by Crippen LogP contribution is 2.39. The molecule has 0 spiro atoms. The number of carbonyl (C=O) groups excluding carboxylic acids is 1. The molecule has 35 heavy (non-hydrogen) atoms. The van der Waals surface area contributed by atoms with E-state index < -0.39 is 0 Å². The minimum Gasteiger partial charge on any atom is -0.365 e. The molecule has 0 saturated heterocycles. The number of imidazole rings is 1. The lowest BCUT2D eigenvalue weighted by atomic mass is 9.71. The number of carbonyl (C=O) groups is 1. The number of hydrogen-bond donors (Lipinski definition) is 2. The first-order valence-electron chi connectivity index (χ1n) is 12.8. The minimum absolute atomic E-state index is 0.0818. The molecule has 1 amide bonds. The molecule has 1 aliphatic rings. The summed E-state index contributed by atoms with van der Waals surface area (Å²) in [7, 11) is 3.74. The van der Waals surface area contributed by atoms with Crippen LogP contribution in [0, 0.1) is 11.3 Å². The summed E-state index contributed by atoms with van der Waals surface area (Å²) in [6.07, 6.45) is 8.27. The molecular formula is C27H39N7O. The molecular weight excluding hydrogens is 438 g/mol. The van der Waals surface area contributed by atoms with E-state index in [0.29, 0.717) is 29.7 Å². The van der Waals surface area contributed by atoms with Crippen molar-refractivity contribution in [3.63, 3.8) is 0 Å². The van der Waals surface area contributed by atoms with Crippen molar-refractivity contribution in [1.82, 2.24) is 19.5 Å². The van der Waals surface area contributed by atoms with E-state index in [9.17, 15) is 4.79 Å². The highest BCUT2D eigenvalue weighted by atomic mass is 16.2. The number of nitrogens with zero attached hydrogens (tertiary/aromatic N) is 5. The molecule has 1 aliphatic carbocycles. The summed E-state index contributed by atoms with van der Waals surface area (Å²) in [5.74, 6) is 2.00. The highest BCUT2D eigenvalue weighted by Gasteiger charge is 2.30. The van der Waals surface area contributed by atoms with E-state index in [1.54, 1.807) is 18.3 Å². The number of aromatic nitrogens is 4. The zero-order valence-corrected chi connectivity index (χ0v) is 21.9. The van der Waals surface area contributed by atoms with Crippen LogP contribution in [0.1, 0.15) is 66.2 Å². The Morgan fingerprint density at radius 1 is 1.20 bits per heavy atom. The van der Waals surface area contributed by atoms with Crippen LogP contribution in [0.3, 0.4) is 0 Å². The predicted molar refractivity (Wildman–Crippen MR) is 143 cm³/mol. The second-order valence-corrected chi connectivity index (χ2v) is 10.6. The van der Waals surface area contributed by atoms with Crippen molar-refractivity contribution in [2.45, 2.75) is 72.3 Å². The van der Waals surface area contributed by atoms with E-state index >= 15 is 0 Å². The number of hydrogen-bond acceptors (Lipinski definition) is 6. The molecule has 2 unspecified atom stereocenters. The maximum Gasteiger partial charge on any atom is 0.231 e. The third kappa shape index (κ3) is 5.57. The van der Waals surface area contributed by atoms with Crippen molar-refractivity contribution in [2.24, 2.45) is 18.4 Å². The smallest absolute Gasteiger partial charge is 0.231 e. The first-order chi connectivity index (χ1) is 16.7. The summed E-state index contributed by atoms with van der Waals surface area (Å²) < 4.78 is 1.92. The first-order valence-corrected chi connectivity index (χ1v) is 12.8. The summed E-state index contributed by atoms with van der Waals surface area (Å²) in [4.78, 5) is 27.8. The number of aryl methyl sites for hydroxylation is 1. The van der Waals surface area contributed by atoms with Gasteiger partial charge < -0.3 is 20.1 Å². The number of fused-ring (bicyclic) bond motifs is 1. The topological polar surface area (TPSA) is 88.0 Å². The molecule has 4 rings (SSSR count). The highest BCUT2D eigenvalue weighted by molar-refractivity contribution is 5.92. The van der Waals surface area contributed by atoms with Crippen LogP contribution in [0.25, 0.3) is 11.2 Å². The van der Waals surface area contributed by atoms with Crippen molar-refractivity contribution < 1.29 is 4.79 Å². The zero-order chi connectivity index (χ0) is 25.2. The largest absolute Gasteiger partial charge is 0.365 e. The fraction of sp³-hybridized carbons (Fsp3) is 0.556. The summed E-state index contributed by atoms with van der Waals surface area (Å²) >= 11 is 0. The second-order valence-electron chi connectivity index (χ2n) is 10.6. The average molecular weight is 478 g/mol. The molecule has 1 aromatic carbocycles. The molecule has 0 radical (unpaired) electrons. The van der Waals surface area contributed by atoms with Crippen LogP contribution in [-0.2, 0) is 11.8 Å². The Balaban J connectivity index is 1.58. The van der Waals surface area contributed by atoms with Crippen molar-refractivity contribution in [2.75, 3.05) is 22.6 Å². The summed E-state index contributed by atoms with van der Waals surface area (Å²) in [5, 5.41) is 7.07. The fourth-order valence-corrected chi connectivity index (χ4v) is 4.85. The monoisotopic (exact) mass is 477 g/mol. The van der Waals surface area contributed by atoms with Crippen LogP contribution < -0.4 is 15.5 Å². The molecule has 2 N–H and O–H groups in total. The minimum atomic E-state index is 0.0818. The lowest BCUT2D eigenvalue weighted by molar-refractivity contribution is -0.118. The maximum absolute atomic E-state index is 12.0. The van der Waals surface area contributed by atoms with Gasteiger partial charge in [-0.3, -0.25) is 4.79 Å². The molecule has 2 heterocycles. The van der Waals surface area contributed by atoms with E-state index in [0.717, 1.165) is 41.2 Å². The van der Waals surface area contributed by atoms with Gasteiger partial charge in [0.2, 0.25) is 11.9 Å². The molecule has 0 aliphatic heterocycles. The average Bonchev–Trinajstić information content (AvgIpc) is 3.21. The van der Waals surface area contributed by atoms with Gasteiger partial charge in [0.15, 0.2) is 17.0 Å². The standard InChI is InChI=1S/C27H39N7O/c1-7-22(35)34(6)21-13-11-19(12-14-21)30-26-31-24(23-25(32-26)33(5)17-28-23)29-20-10-8-9-15-27(3,4)18(2)16-20/h11-14,17-18,20H,7-10,15-16H2,1-6H3,(H2,29,30,31,32). The number of anilines is 4. The van der Waals surface area contributed by atoms with Gasteiger partial charge in [-0.05, 0) is 54.9 Å². The summed E-state index contributed by atoms with van der Waals surface area (Å²) in [6.45, 7) is 9.03. The summed E-state index contributed by atoms with van der Waals surface area (Å²) in [6, 6.07) is 8.09. The van der Waals surface area contributed by atoms with E-state index in [-0.39, 0.29) is 5.91 Å². The molecule has 8 heteroatoms. The number of nitrogens with one attached hydrogen (secondary N) is 2. The van der Waals surface area contributed by atoms with E-state index in [1.165, 1.54) is 19.3 Å². The second kappa shape index (κ2) is 10.2. The predicted octanol–water partition coefficient (Wildman–Crippen LogP) is 5.89. The van der Waals surface area contributed by atoms with Crippen LogP contribution in [0.5, 0.6) is 0 Å². The van der Waals surface area contributed by atoms with Crippen LogP contribution in [0.15, 0.2) is 30.6 Å². The van der Waals surface area contributed by atoms with Gasteiger partial charge >= 0.3 is 0 Å². The number of benzene rings is 1. The first kappa shape index (κ1) is 24.9. The van der Waals surface area contributed by atoms with Crippen LogP contribution in [-0.4, -0.2) is 38.5 Å². The third-order valence-electron chi connectivity index (χ3n) is 7.68. The van der Waals surface area contributed by atoms with Gasteiger partial charge in [0.25, 0.3) is 0 Å². The zero-order valence-electron chi connectivity index (χ0n) is 21.9. The molecule has 0 bridgehead atoms. The number of rotatable bonds is 6. The van der Waals surface area contributed by atoms with E-state index in [2.05, 4.69) is 36.4 Å².